The van der Waals surface area contributed by atoms with Crippen LogP contribution in [0.25, 0.3) is 6.08 Å². The molecule has 114 valence electrons. The highest BCUT2D eigenvalue weighted by Gasteiger charge is 2.15. The molecule has 2 rings (SSSR count). The molecule has 0 unspecified atom stereocenters. The highest BCUT2D eigenvalue weighted by Crippen LogP contribution is 2.10. The Morgan fingerprint density at radius 2 is 1.95 bits per heavy atom. The molecule has 5 nitrogen and oxygen atoms in total. The first kappa shape index (κ1) is 15.6. The molecule has 2 amide bonds. The Kier molecular flexibility index (Phi) is 5.14. The summed E-state index contributed by atoms with van der Waals surface area (Å²) < 4.78 is 5.20. The maximum absolute atomic E-state index is 12.4. The molecule has 2 aromatic rings. The molecule has 1 heterocycles. The lowest BCUT2D eigenvalue weighted by Crippen LogP contribution is -2.35. The highest BCUT2D eigenvalue weighted by molar-refractivity contribution is 6.05. The van der Waals surface area contributed by atoms with Crippen LogP contribution in [0.2, 0.25) is 0 Å². The quantitative estimate of drug-likeness (QED) is 0.833. The van der Waals surface area contributed by atoms with Crippen molar-refractivity contribution in [3.8, 4) is 0 Å². The van der Waals surface area contributed by atoms with Gasteiger partial charge in [0.05, 0.1) is 6.26 Å². The van der Waals surface area contributed by atoms with Crippen LogP contribution in [0.4, 0.5) is 0 Å². The van der Waals surface area contributed by atoms with Crippen LogP contribution in [0.1, 0.15) is 28.6 Å². The number of furan rings is 1. The van der Waals surface area contributed by atoms with E-state index in [0.29, 0.717) is 17.9 Å². The number of hydrogen-bond donors (Lipinski definition) is 2. The van der Waals surface area contributed by atoms with Gasteiger partial charge in [0.15, 0.2) is 0 Å². The maximum Gasteiger partial charge on any atom is 0.267 e. The molecular weight excluding hydrogens is 280 g/mol. The Bertz CT molecular complexity index is 688. The summed E-state index contributed by atoms with van der Waals surface area (Å²) in [4.78, 5) is 24.4. The number of benzene rings is 1. The Labute approximate surface area is 129 Å². The fourth-order valence-corrected chi connectivity index (χ4v) is 1.95. The molecular formula is C17H18N2O3. The smallest absolute Gasteiger partial charge is 0.267 e. The van der Waals surface area contributed by atoms with Gasteiger partial charge in [0.25, 0.3) is 11.8 Å². The average molecular weight is 298 g/mol. The minimum atomic E-state index is -0.360. The van der Waals surface area contributed by atoms with Gasteiger partial charge in [-0.25, -0.2) is 0 Å². The van der Waals surface area contributed by atoms with E-state index in [0.717, 1.165) is 5.56 Å². The Hall–Kier alpha value is -2.82. The molecule has 0 aliphatic carbocycles. The highest BCUT2D eigenvalue weighted by atomic mass is 16.3. The zero-order chi connectivity index (χ0) is 15.9. The van der Waals surface area contributed by atoms with Gasteiger partial charge in [-0.15, -0.1) is 0 Å². The predicted molar refractivity (Wildman–Crippen MR) is 84.0 cm³/mol. The molecule has 0 saturated carbocycles. The first-order chi connectivity index (χ1) is 10.6. The van der Waals surface area contributed by atoms with Crippen molar-refractivity contribution in [2.24, 2.45) is 0 Å². The van der Waals surface area contributed by atoms with E-state index in [1.165, 1.54) is 12.3 Å². The summed E-state index contributed by atoms with van der Waals surface area (Å²) in [6, 6.07) is 10.6. The summed E-state index contributed by atoms with van der Waals surface area (Å²) >= 11 is 0. The van der Waals surface area contributed by atoms with Crippen molar-refractivity contribution in [1.29, 1.82) is 0 Å². The van der Waals surface area contributed by atoms with Gasteiger partial charge in [-0.1, -0.05) is 18.2 Å². The monoisotopic (exact) mass is 298 g/mol. The number of nitrogens with one attached hydrogen (secondary N) is 2. The first-order valence-electron chi connectivity index (χ1n) is 7.02. The SMILES string of the molecule is CCNC(=O)/C(=C/c1ccco1)NC(=O)c1ccccc1C. The van der Waals surface area contributed by atoms with E-state index in [-0.39, 0.29) is 17.5 Å². The zero-order valence-corrected chi connectivity index (χ0v) is 12.6. The third-order valence-corrected chi connectivity index (χ3v) is 3.05. The molecule has 1 aromatic carbocycles. The largest absolute Gasteiger partial charge is 0.465 e. The normalized spacial score (nSPS) is 11.1. The van der Waals surface area contributed by atoms with Gasteiger partial charge in [0.1, 0.15) is 11.5 Å². The Balaban J connectivity index is 2.25. The molecule has 22 heavy (non-hydrogen) atoms. The van der Waals surface area contributed by atoms with Crippen molar-refractivity contribution in [3.63, 3.8) is 0 Å². The topological polar surface area (TPSA) is 71.3 Å². The average Bonchev–Trinajstić information content (AvgIpc) is 3.00. The molecule has 0 aliphatic heterocycles. The molecule has 5 heteroatoms. The van der Waals surface area contributed by atoms with Crippen LogP contribution in [0.15, 0.2) is 52.8 Å². The van der Waals surface area contributed by atoms with Crippen LogP contribution in [0, 0.1) is 6.92 Å². The molecule has 0 atom stereocenters. The molecule has 0 aliphatic rings. The molecule has 2 N–H and O–H groups in total. The second-order valence-corrected chi connectivity index (χ2v) is 4.70. The van der Waals surface area contributed by atoms with Crippen LogP contribution in [0.5, 0.6) is 0 Å². The number of aryl methyl sites for hydroxylation is 1. The van der Waals surface area contributed by atoms with Crippen molar-refractivity contribution in [1.82, 2.24) is 10.6 Å². The van der Waals surface area contributed by atoms with E-state index in [2.05, 4.69) is 10.6 Å². The number of rotatable bonds is 5. The van der Waals surface area contributed by atoms with E-state index in [1.807, 2.05) is 26.0 Å². The standard InChI is InChI=1S/C17H18N2O3/c1-3-18-17(21)15(11-13-8-6-10-22-13)19-16(20)14-9-5-4-7-12(14)2/h4-11H,3H2,1-2H3,(H,18,21)(H,19,20)/b15-11-. The molecule has 0 fully saturated rings. The summed E-state index contributed by atoms with van der Waals surface area (Å²) in [7, 11) is 0. The van der Waals surface area contributed by atoms with E-state index in [4.69, 9.17) is 4.42 Å². The lowest BCUT2D eigenvalue weighted by atomic mass is 10.1. The van der Waals surface area contributed by atoms with E-state index in [1.54, 1.807) is 24.3 Å². The van der Waals surface area contributed by atoms with Gasteiger partial charge in [-0.2, -0.15) is 0 Å². The number of carbonyl (C=O) groups is 2. The summed E-state index contributed by atoms with van der Waals surface area (Å²) in [5, 5.41) is 5.31. The number of hydrogen-bond acceptors (Lipinski definition) is 3. The Morgan fingerprint density at radius 1 is 1.18 bits per heavy atom. The van der Waals surface area contributed by atoms with E-state index in [9.17, 15) is 9.59 Å². The van der Waals surface area contributed by atoms with Gasteiger partial charge in [-0.05, 0) is 37.6 Å². The molecule has 0 radical (unpaired) electrons. The van der Waals surface area contributed by atoms with Gasteiger partial charge in [0, 0.05) is 18.2 Å². The minimum Gasteiger partial charge on any atom is -0.465 e. The molecule has 1 aromatic heterocycles. The summed E-state index contributed by atoms with van der Waals surface area (Å²) in [5.41, 5.74) is 1.51. The lowest BCUT2D eigenvalue weighted by molar-refractivity contribution is -0.117. The molecule has 0 saturated heterocycles. The first-order valence-corrected chi connectivity index (χ1v) is 7.02. The second-order valence-electron chi connectivity index (χ2n) is 4.70. The summed E-state index contributed by atoms with van der Waals surface area (Å²) in [6.45, 7) is 4.12. The minimum absolute atomic E-state index is 0.144. The van der Waals surface area contributed by atoms with Crippen LogP contribution in [-0.2, 0) is 4.79 Å². The summed E-state index contributed by atoms with van der Waals surface area (Å²) in [5.74, 6) is -0.200. The fraction of sp³-hybridized carbons (Fsp3) is 0.176. The predicted octanol–water partition coefficient (Wildman–Crippen LogP) is 2.50. The van der Waals surface area contributed by atoms with Crippen LogP contribution >= 0.6 is 0 Å². The van der Waals surface area contributed by atoms with Crippen LogP contribution < -0.4 is 10.6 Å². The fourth-order valence-electron chi connectivity index (χ4n) is 1.95. The molecule has 0 spiro atoms. The van der Waals surface area contributed by atoms with Crippen molar-refractivity contribution in [2.75, 3.05) is 6.54 Å². The molecule has 0 bridgehead atoms. The number of likely N-dealkylation sites (N-methyl/N-ethyl adjacent to an activating group) is 1. The van der Waals surface area contributed by atoms with Gasteiger partial charge in [0.2, 0.25) is 0 Å². The zero-order valence-electron chi connectivity index (χ0n) is 12.6. The number of carbonyl (C=O) groups excluding carboxylic acids is 2. The van der Waals surface area contributed by atoms with Crippen molar-refractivity contribution >= 4 is 17.9 Å². The Morgan fingerprint density at radius 3 is 2.59 bits per heavy atom. The van der Waals surface area contributed by atoms with Crippen LogP contribution in [-0.4, -0.2) is 18.4 Å². The van der Waals surface area contributed by atoms with Gasteiger partial charge in [-0.3, -0.25) is 9.59 Å². The van der Waals surface area contributed by atoms with Crippen LogP contribution in [0.3, 0.4) is 0 Å². The summed E-state index contributed by atoms with van der Waals surface area (Å²) in [6.07, 6.45) is 3.01. The number of amides is 2. The van der Waals surface area contributed by atoms with Crippen molar-refractivity contribution < 1.29 is 14.0 Å². The van der Waals surface area contributed by atoms with Crippen molar-refractivity contribution in [2.45, 2.75) is 13.8 Å². The third-order valence-electron chi connectivity index (χ3n) is 3.05. The lowest BCUT2D eigenvalue weighted by Gasteiger charge is -2.10. The van der Waals surface area contributed by atoms with Crippen molar-refractivity contribution in [3.05, 3.63) is 65.2 Å². The second kappa shape index (κ2) is 7.26. The third kappa shape index (κ3) is 3.85. The maximum atomic E-state index is 12.4. The van der Waals surface area contributed by atoms with Gasteiger partial charge < -0.3 is 15.1 Å². The van der Waals surface area contributed by atoms with E-state index >= 15 is 0 Å². The van der Waals surface area contributed by atoms with E-state index < -0.39 is 0 Å². The van der Waals surface area contributed by atoms with Gasteiger partial charge >= 0.3 is 0 Å².